The molecule has 0 radical (unpaired) electrons. The Balaban J connectivity index is 2.02. The fourth-order valence-electron chi connectivity index (χ4n) is 2.79. The minimum atomic E-state index is -0.0564. The number of amides is 1. The molecule has 1 aromatic heterocycles. The molecule has 0 bridgehead atoms. The molecular formula is C16H23ClN2OS. The summed E-state index contributed by atoms with van der Waals surface area (Å²) in [6.45, 7) is 8.08. The monoisotopic (exact) mass is 326 g/mol. The number of piperidine rings is 1. The maximum atomic E-state index is 12.7. The fourth-order valence-corrected chi connectivity index (χ4v) is 3.89. The average Bonchev–Trinajstić information content (AvgIpc) is 2.91. The fraction of sp³-hybridized carbons (Fsp3) is 0.562. The molecule has 0 aromatic carbocycles. The van der Waals surface area contributed by atoms with E-state index >= 15 is 0 Å². The molecule has 0 saturated carbocycles. The van der Waals surface area contributed by atoms with Crippen molar-refractivity contribution in [1.29, 1.82) is 0 Å². The maximum absolute atomic E-state index is 12.7. The van der Waals surface area contributed by atoms with Gasteiger partial charge in [0.15, 0.2) is 0 Å². The van der Waals surface area contributed by atoms with Crippen molar-refractivity contribution < 1.29 is 4.79 Å². The van der Waals surface area contributed by atoms with E-state index in [0.717, 1.165) is 28.6 Å². The number of carbonyl (C=O) groups is 1. The number of thiophene rings is 1. The van der Waals surface area contributed by atoms with Crippen LogP contribution in [0.3, 0.4) is 0 Å². The summed E-state index contributed by atoms with van der Waals surface area (Å²) >= 11 is 7.50. The van der Waals surface area contributed by atoms with Crippen LogP contribution in [0.4, 0.5) is 0 Å². The molecule has 5 heteroatoms. The Morgan fingerprint density at radius 3 is 3.05 bits per heavy atom. The molecule has 0 aliphatic carbocycles. The van der Waals surface area contributed by atoms with Crippen molar-refractivity contribution in [1.82, 2.24) is 10.2 Å². The second kappa shape index (κ2) is 7.97. The third-order valence-electron chi connectivity index (χ3n) is 4.02. The summed E-state index contributed by atoms with van der Waals surface area (Å²) in [6.07, 6.45) is 5.04. The van der Waals surface area contributed by atoms with Gasteiger partial charge in [-0.25, -0.2) is 0 Å². The highest BCUT2D eigenvalue weighted by atomic mass is 35.5. The lowest BCUT2D eigenvalue weighted by atomic mass is 9.90. The Bertz CT molecular complexity index is 488. The molecule has 1 aliphatic rings. The summed E-state index contributed by atoms with van der Waals surface area (Å²) in [6, 6.07) is 3.81. The van der Waals surface area contributed by atoms with Crippen molar-refractivity contribution in [3.05, 3.63) is 34.0 Å². The van der Waals surface area contributed by atoms with Gasteiger partial charge < -0.3 is 10.2 Å². The molecule has 21 heavy (non-hydrogen) atoms. The third kappa shape index (κ3) is 4.56. The first-order chi connectivity index (χ1) is 10.1. The molecule has 2 atom stereocenters. The van der Waals surface area contributed by atoms with E-state index in [4.69, 9.17) is 11.6 Å². The first-order valence-corrected chi connectivity index (χ1v) is 8.70. The van der Waals surface area contributed by atoms with Crippen LogP contribution in [0.15, 0.2) is 24.8 Å². The number of rotatable bonds is 6. The van der Waals surface area contributed by atoms with Crippen molar-refractivity contribution in [2.75, 3.05) is 13.1 Å². The second-order valence-electron chi connectivity index (χ2n) is 5.52. The summed E-state index contributed by atoms with van der Waals surface area (Å²) in [7, 11) is 0. The van der Waals surface area contributed by atoms with Crippen LogP contribution in [-0.4, -0.2) is 29.9 Å². The molecule has 1 saturated heterocycles. The van der Waals surface area contributed by atoms with Gasteiger partial charge >= 0.3 is 0 Å². The molecule has 1 aromatic rings. The molecule has 2 heterocycles. The van der Waals surface area contributed by atoms with E-state index in [1.165, 1.54) is 17.8 Å². The number of nitrogens with zero attached hydrogens (tertiary/aromatic N) is 1. The summed E-state index contributed by atoms with van der Waals surface area (Å²) in [5.41, 5.74) is 0. The largest absolute Gasteiger partial charge is 0.332 e. The number of carbonyl (C=O) groups excluding carboxylic acids is 1. The number of hydrogen-bond donors (Lipinski definition) is 1. The zero-order valence-electron chi connectivity index (χ0n) is 12.5. The smallest absolute Gasteiger partial charge is 0.240 e. The van der Waals surface area contributed by atoms with Crippen LogP contribution in [0.5, 0.6) is 0 Å². The van der Waals surface area contributed by atoms with Gasteiger partial charge in [-0.05, 0) is 37.4 Å². The normalized spacial score (nSPS) is 22.0. The van der Waals surface area contributed by atoms with E-state index in [1.807, 2.05) is 17.0 Å². The van der Waals surface area contributed by atoms with E-state index in [2.05, 4.69) is 18.8 Å². The summed E-state index contributed by atoms with van der Waals surface area (Å²) < 4.78 is 0.762. The first kappa shape index (κ1) is 16.5. The molecular weight excluding hydrogens is 304 g/mol. The molecule has 2 unspecified atom stereocenters. The van der Waals surface area contributed by atoms with Gasteiger partial charge in [0, 0.05) is 11.4 Å². The van der Waals surface area contributed by atoms with Crippen LogP contribution < -0.4 is 5.32 Å². The number of nitrogens with one attached hydrogen (secondary N) is 1. The number of hydrogen-bond acceptors (Lipinski definition) is 3. The van der Waals surface area contributed by atoms with E-state index in [-0.39, 0.29) is 11.9 Å². The highest BCUT2D eigenvalue weighted by Crippen LogP contribution is 2.24. The predicted molar refractivity (Wildman–Crippen MR) is 89.7 cm³/mol. The Kier molecular flexibility index (Phi) is 6.27. The topological polar surface area (TPSA) is 32.3 Å². The maximum Gasteiger partial charge on any atom is 0.240 e. The van der Waals surface area contributed by atoms with Crippen molar-refractivity contribution >= 4 is 28.8 Å². The van der Waals surface area contributed by atoms with Crippen LogP contribution in [0, 0.1) is 5.92 Å². The average molecular weight is 327 g/mol. The van der Waals surface area contributed by atoms with Crippen molar-refractivity contribution in [3.63, 3.8) is 0 Å². The van der Waals surface area contributed by atoms with Gasteiger partial charge in [0.2, 0.25) is 5.91 Å². The lowest BCUT2D eigenvalue weighted by Crippen LogP contribution is -2.50. The van der Waals surface area contributed by atoms with E-state index < -0.39 is 0 Å². The van der Waals surface area contributed by atoms with Gasteiger partial charge in [0.05, 0.1) is 16.9 Å². The Labute approximate surface area is 136 Å². The van der Waals surface area contributed by atoms with E-state index in [1.54, 1.807) is 6.08 Å². The molecule has 2 rings (SSSR count). The minimum absolute atomic E-state index is 0.0564. The number of halogens is 1. The van der Waals surface area contributed by atoms with Crippen molar-refractivity contribution in [2.24, 2.45) is 5.92 Å². The van der Waals surface area contributed by atoms with Crippen LogP contribution in [-0.2, 0) is 11.3 Å². The quantitative estimate of drug-likeness (QED) is 0.808. The molecule has 1 aliphatic heterocycles. The van der Waals surface area contributed by atoms with E-state index in [9.17, 15) is 4.79 Å². The first-order valence-electron chi connectivity index (χ1n) is 7.51. The Morgan fingerprint density at radius 2 is 2.43 bits per heavy atom. The highest BCUT2D eigenvalue weighted by Gasteiger charge is 2.29. The zero-order valence-corrected chi connectivity index (χ0v) is 14.1. The van der Waals surface area contributed by atoms with Gasteiger partial charge in [-0.3, -0.25) is 4.79 Å². The van der Waals surface area contributed by atoms with Crippen LogP contribution in [0.2, 0.25) is 4.34 Å². The third-order valence-corrected chi connectivity index (χ3v) is 5.24. The SMILES string of the molecule is C=CCN(Cc1ccc(Cl)s1)C(=O)C1CC(CC)CCN1. The second-order valence-corrected chi connectivity index (χ2v) is 7.32. The van der Waals surface area contributed by atoms with Crippen molar-refractivity contribution in [2.45, 2.75) is 38.8 Å². The molecule has 1 N–H and O–H groups in total. The predicted octanol–water partition coefficient (Wildman–Crippen LogP) is 3.69. The van der Waals surface area contributed by atoms with Gasteiger partial charge in [-0.15, -0.1) is 17.9 Å². The highest BCUT2D eigenvalue weighted by molar-refractivity contribution is 7.16. The summed E-state index contributed by atoms with van der Waals surface area (Å²) in [4.78, 5) is 15.7. The lowest BCUT2D eigenvalue weighted by molar-refractivity contribution is -0.134. The molecule has 1 amide bonds. The molecule has 0 spiro atoms. The van der Waals surface area contributed by atoms with Gasteiger partial charge in [-0.1, -0.05) is 31.0 Å². The summed E-state index contributed by atoms with van der Waals surface area (Å²) in [5.74, 6) is 0.833. The van der Waals surface area contributed by atoms with Crippen LogP contribution in [0.1, 0.15) is 31.1 Å². The lowest BCUT2D eigenvalue weighted by Gasteiger charge is -2.32. The van der Waals surface area contributed by atoms with Crippen molar-refractivity contribution in [3.8, 4) is 0 Å². The van der Waals surface area contributed by atoms with Gasteiger partial charge in [0.1, 0.15) is 0 Å². The minimum Gasteiger partial charge on any atom is -0.332 e. The molecule has 1 fully saturated rings. The standard InChI is InChI=1S/C16H23ClN2OS/c1-3-9-19(11-13-5-6-15(17)21-13)16(20)14-10-12(4-2)7-8-18-14/h3,5-6,12,14,18H,1,4,7-11H2,2H3. The van der Waals surface area contributed by atoms with Crippen LogP contribution >= 0.6 is 22.9 Å². The summed E-state index contributed by atoms with van der Waals surface area (Å²) in [5, 5.41) is 3.36. The molecule has 116 valence electrons. The zero-order chi connectivity index (χ0) is 15.2. The van der Waals surface area contributed by atoms with Crippen LogP contribution in [0.25, 0.3) is 0 Å². The Morgan fingerprint density at radius 1 is 1.62 bits per heavy atom. The van der Waals surface area contributed by atoms with Gasteiger partial charge in [0.25, 0.3) is 0 Å². The molecule has 3 nitrogen and oxygen atoms in total. The Hall–Kier alpha value is -0.840. The van der Waals surface area contributed by atoms with E-state index in [0.29, 0.717) is 19.0 Å². The van der Waals surface area contributed by atoms with Gasteiger partial charge in [-0.2, -0.15) is 0 Å².